The van der Waals surface area contributed by atoms with E-state index in [1.807, 2.05) is 11.0 Å². The highest BCUT2D eigenvalue weighted by atomic mass is 35.5. The number of nitrogens with two attached hydrogens (primary N) is 1. The third-order valence-electron chi connectivity index (χ3n) is 4.61. The van der Waals surface area contributed by atoms with Crippen molar-refractivity contribution < 1.29 is 4.79 Å². The second kappa shape index (κ2) is 6.65. The molecule has 0 bridgehead atoms. The highest BCUT2D eigenvalue weighted by Crippen LogP contribution is 2.32. The van der Waals surface area contributed by atoms with Crippen molar-refractivity contribution in [1.29, 1.82) is 0 Å². The summed E-state index contributed by atoms with van der Waals surface area (Å²) in [6.07, 6.45) is 2.77. The molecule has 4 nitrogen and oxygen atoms in total. The van der Waals surface area contributed by atoms with E-state index in [9.17, 15) is 4.79 Å². The number of fused-ring (bicyclic) bond motifs is 1. The van der Waals surface area contributed by atoms with Crippen LogP contribution in [0.5, 0.6) is 0 Å². The van der Waals surface area contributed by atoms with E-state index in [0.717, 1.165) is 36.8 Å². The topological polar surface area (TPSA) is 49.6 Å². The van der Waals surface area contributed by atoms with E-state index in [2.05, 4.69) is 11.0 Å². The molecule has 0 saturated carbocycles. The van der Waals surface area contributed by atoms with Gasteiger partial charge >= 0.3 is 0 Å². The first kappa shape index (κ1) is 15.3. The van der Waals surface area contributed by atoms with Gasteiger partial charge in [0.1, 0.15) is 0 Å². The van der Waals surface area contributed by atoms with E-state index in [0.29, 0.717) is 37.4 Å². The van der Waals surface area contributed by atoms with E-state index in [1.165, 1.54) is 4.88 Å². The fourth-order valence-corrected chi connectivity index (χ4v) is 4.79. The Labute approximate surface area is 134 Å². The highest BCUT2D eigenvalue weighted by Gasteiger charge is 2.38. The zero-order chi connectivity index (χ0) is 14.8. The van der Waals surface area contributed by atoms with Gasteiger partial charge in [0.15, 0.2) is 0 Å². The molecule has 0 aliphatic carbocycles. The molecule has 1 amide bonds. The number of piperidine rings is 2. The van der Waals surface area contributed by atoms with E-state index >= 15 is 0 Å². The smallest absolute Gasteiger partial charge is 0.222 e. The zero-order valence-electron chi connectivity index (χ0n) is 12.1. The average Bonchev–Trinajstić information content (AvgIpc) is 2.87. The SMILES string of the molecule is NCCN1C(=O)CC[C@H]2CN(Cc3ccc(Cl)s3)CC[C@H]21. The Morgan fingerprint density at radius 3 is 2.95 bits per heavy atom. The second-order valence-electron chi connectivity index (χ2n) is 5.97. The third-order valence-corrected chi connectivity index (χ3v) is 5.82. The summed E-state index contributed by atoms with van der Waals surface area (Å²) >= 11 is 7.67. The van der Waals surface area contributed by atoms with Crippen LogP contribution < -0.4 is 5.73 Å². The molecule has 2 N–H and O–H groups in total. The van der Waals surface area contributed by atoms with Gasteiger partial charge in [-0.05, 0) is 30.9 Å². The van der Waals surface area contributed by atoms with Gasteiger partial charge in [-0.15, -0.1) is 11.3 Å². The molecule has 6 heteroatoms. The molecule has 2 aliphatic rings. The molecule has 1 aromatic rings. The Bertz CT molecular complexity index is 507. The first-order chi connectivity index (χ1) is 10.2. The monoisotopic (exact) mass is 327 g/mol. The first-order valence-corrected chi connectivity index (χ1v) is 8.83. The van der Waals surface area contributed by atoms with Crippen LogP contribution >= 0.6 is 22.9 Å². The minimum absolute atomic E-state index is 0.292. The maximum Gasteiger partial charge on any atom is 0.222 e. The molecule has 116 valence electrons. The molecule has 2 fully saturated rings. The Balaban J connectivity index is 1.62. The predicted octanol–water partition coefficient (Wildman–Crippen LogP) is 2.17. The number of carbonyl (C=O) groups is 1. The van der Waals surface area contributed by atoms with Crippen LogP contribution in [0.1, 0.15) is 24.1 Å². The predicted molar refractivity (Wildman–Crippen MR) is 86.5 cm³/mol. The highest BCUT2D eigenvalue weighted by molar-refractivity contribution is 7.16. The molecule has 3 rings (SSSR count). The van der Waals surface area contributed by atoms with Crippen LogP contribution in [-0.2, 0) is 11.3 Å². The molecule has 2 atom stereocenters. The van der Waals surface area contributed by atoms with Gasteiger partial charge < -0.3 is 10.6 Å². The fraction of sp³-hybridized carbons (Fsp3) is 0.667. The summed E-state index contributed by atoms with van der Waals surface area (Å²) in [5.41, 5.74) is 5.66. The standard InChI is InChI=1S/C15H22ClN3OS/c16-14-3-2-12(21-14)10-18-7-5-13-11(9-18)1-4-15(20)19(13)8-6-17/h2-3,11,13H,1,4-10,17H2/t11-,13+/m0/s1. The molecule has 1 aromatic heterocycles. The van der Waals surface area contributed by atoms with Crippen molar-refractivity contribution in [3.8, 4) is 0 Å². The number of rotatable bonds is 4. The van der Waals surface area contributed by atoms with Crippen molar-refractivity contribution >= 4 is 28.8 Å². The summed E-state index contributed by atoms with van der Waals surface area (Å²) in [6.45, 7) is 4.37. The fourth-order valence-electron chi connectivity index (χ4n) is 3.66. The lowest BCUT2D eigenvalue weighted by Crippen LogP contribution is -2.56. The number of likely N-dealkylation sites (tertiary alicyclic amines) is 2. The lowest BCUT2D eigenvalue weighted by Gasteiger charge is -2.47. The van der Waals surface area contributed by atoms with Crippen LogP contribution in [0.25, 0.3) is 0 Å². The second-order valence-corrected chi connectivity index (χ2v) is 7.77. The number of hydrogen-bond donors (Lipinski definition) is 1. The molecule has 0 aromatic carbocycles. The summed E-state index contributed by atoms with van der Waals surface area (Å²) < 4.78 is 0.859. The van der Waals surface area contributed by atoms with Crippen molar-refractivity contribution in [1.82, 2.24) is 9.80 Å². The number of hydrogen-bond acceptors (Lipinski definition) is 4. The molecule has 21 heavy (non-hydrogen) atoms. The molecule has 0 unspecified atom stereocenters. The Hall–Kier alpha value is -0.620. The maximum absolute atomic E-state index is 12.1. The minimum atomic E-state index is 0.292. The van der Waals surface area contributed by atoms with Gasteiger partial charge in [0, 0.05) is 50.1 Å². The summed E-state index contributed by atoms with van der Waals surface area (Å²) in [5.74, 6) is 0.888. The summed E-state index contributed by atoms with van der Waals surface area (Å²) in [7, 11) is 0. The van der Waals surface area contributed by atoms with Gasteiger partial charge in [-0.2, -0.15) is 0 Å². The van der Waals surface area contributed by atoms with Gasteiger partial charge in [0.25, 0.3) is 0 Å². The Morgan fingerprint density at radius 1 is 1.38 bits per heavy atom. The minimum Gasteiger partial charge on any atom is -0.338 e. The first-order valence-electron chi connectivity index (χ1n) is 7.63. The van der Waals surface area contributed by atoms with Crippen molar-refractivity contribution in [2.24, 2.45) is 11.7 Å². The average molecular weight is 328 g/mol. The maximum atomic E-state index is 12.1. The van der Waals surface area contributed by atoms with Gasteiger partial charge in [-0.3, -0.25) is 9.69 Å². The lowest BCUT2D eigenvalue weighted by molar-refractivity contribution is -0.140. The van der Waals surface area contributed by atoms with Crippen molar-refractivity contribution in [3.05, 3.63) is 21.3 Å². The van der Waals surface area contributed by atoms with E-state index in [1.54, 1.807) is 11.3 Å². The van der Waals surface area contributed by atoms with Gasteiger partial charge in [-0.25, -0.2) is 0 Å². The van der Waals surface area contributed by atoms with Crippen molar-refractivity contribution in [2.75, 3.05) is 26.2 Å². The molecule has 2 aliphatic heterocycles. The third kappa shape index (κ3) is 3.42. The van der Waals surface area contributed by atoms with Crippen LogP contribution in [0, 0.1) is 5.92 Å². The Kier molecular flexibility index (Phi) is 4.84. The van der Waals surface area contributed by atoms with Crippen LogP contribution in [0.15, 0.2) is 12.1 Å². The molecule has 2 saturated heterocycles. The largest absolute Gasteiger partial charge is 0.338 e. The van der Waals surface area contributed by atoms with Gasteiger partial charge in [0.2, 0.25) is 5.91 Å². The van der Waals surface area contributed by atoms with Crippen LogP contribution in [0.2, 0.25) is 4.34 Å². The number of nitrogens with zero attached hydrogens (tertiary/aromatic N) is 2. The van der Waals surface area contributed by atoms with Gasteiger partial charge in [0.05, 0.1) is 4.34 Å². The normalized spacial score (nSPS) is 27.0. The molecular formula is C15H22ClN3OS. The lowest BCUT2D eigenvalue weighted by atomic mass is 9.83. The summed E-state index contributed by atoms with van der Waals surface area (Å²) in [5, 5.41) is 0. The van der Waals surface area contributed by atoms with Crippen LogP contribution in [0.4, 0.5) is 0 Å². The summed E-state index contributed by atoms with van der Waals surface area (Å²) in [4.78, 5) is 17.9. The number of carbonyl (C=O) groups excluding carboxylic acids is 1. The quantitative estimate of drug-likeness (QED) is 0.922. The van der Waals surface area contributed by atoms with Crippen LogP contribution in [-0.4, -0.2) is 47.9 Å². The van der Waals surface area contributed by atoms with Crippen molar-refractivity contribution in [3.63, 3.8) is 0 Å². The summed E-state index contributed by atoms with van der Waals surface area (Å²) in [6, 6.07) is 4.49. The van der Waals surface area contributed by atoms with E-state index in [4.69, 9.17) is 17.3 Å². The zero-order valence-corrected chi connectivity index (χ0v) is 13.7. The number of thiophene rings is 1. The van der Waals surface area contributed by atoms with Gasteiger partial charge in [-0.1, -0.05) is 11.6 Å². The van der Waals surface area contributed by atoms with E-state index in [-0.39, 0.29) is 0 Å². The molecular weight excluding hydrogens is 306 g/mol. The van der Waals surface area contributed by atoms with Crippen LogP contribution in [0.3, 0.4) is 0 Å². The van der Waals surface area contributed by atoms with E-state index < -0.39 is 0 Å². The van der Waals surface area contributed by atoms with Crippen molar-refractivity contribution in [2.45, 2.75) is 31.8 Å². The molecule has 0 spiro atoms. The Morgan fingerprint density at radius 2 is 2.24 bits per heavy atom. The molecule has 3 heterocycles. The molecule has 0 radical (unpaired) electrons. The number of halogens is 1. The number of amides is 1.